The maximum Gasteiger partial charge on any atom is 0.153 e. The zero-order valence-electron chi connectivity index (χ0n) is 7.85. The van der Waals surface area contributed by atoms with Crippen molar-refractivity contribution in [3.05, 3.63) is 53.3 Å². The van der Waals surface area contributed by atoms with Gasteiger partial charge in [-0.2, -0.15) is 0 Å². The van der Waals surface area contributed by atoms with E-state index in [1.54, 1.807) is 12.3 Å². The molecule has 2 rings (SSSR count). The Morgan fingerprint density at radius 2 is 1.87 bits per heavy atom. The van der Waals surface area contributed by atoms with Crippen LogP contribution in [0, 0.1) is 0 Å². The van der Waals surface area contributed by atoms with E-state index in [1.165, 1.54) is 0 Å². The second-order valence-corrected chi connectivity index (χ2v) is 3.45. The summed E-state index contributed by atoms with van der Waals surface area (Å²) in [5.74, 6) is 0. The molecule has 0 amide bonds. The number of carbonyl (C=O) groups excluding carboxylic acids is 1. The fourth-order valence-corrected chi connectivity index (χ4v) is 1.48. The van der Waals surface area contributed by atoms with Gasteiger partial charge in [-0.15, -0.1) is 0 Å². The van der Waals surface area contributed by atoms with Crippen LogP contribution in [-0.4, -0.2) is 11.3 Å². The molecular formula is C12H8ClNO. The monoisotopic (exact) mass is 217 g/mol. The Hall–Kier alpha value is -1.67. The topological polar surface area (TPSA) is 30.0 Å². The third-order valence-electron chi connectivity index (χ3n) is 2.10. The van der Waals surface area contributed by atoms with Gasteiger partial charge in [0.25, 0.3) is 0 Å². The van der Waals surface area contributed by atoms with E-state index in [-0.39, 0.29) is 5.15 Å². The first-order valence-corrected chi connectivity index (χ1v) is 4.85. The SMILES string of the molecule is O=Cc1cc(-c2ccccc2)cnc1Cl. The summed E-state index contributed by atoms with van der Waals surface area (Å²) in [6.07, 6.45) is 2.37. The van der Waals surface area contributed by atoms with Gasteiger partial charge in [0.1, 0.15) is 5.15 Å². The van der Waals surface area contributed by atoms with Crippen LogP contribution in [0.3, 0.4) is 0 Å². The van der Waals surface area contributed by atoms with Crippen molar-refractivity contribution in [3.8, 4) is 11.1 Å². The van der Waals surface area contributed by atoms with Crippen LogP contribution in [-0.2, 0) is 0 Å². The number of carbonyl (C=O) groups is 1. The van der Waals surface area contributed by atoms with Gasteiger partial charge < -0.3 is 0 Å². The van der Waals surface area contributed by atoms with Gasteiger partial charge in [-0.05, 0) is 11.6 Å². The van der Waals surface area contributed by atoms with Gasteiger partial charge in [0.15, 0.2) is 6.29 Å². The normalized spacial score (nSPS) is 9.93. The van der Waals surface area contributed by atoms with Gasteiger partial charge in [0.05, 0.1) is 5.56 Å². The number of halogens is 1. The third-order valence-corrected chi connectivity index (χ3v) is 2.42. The lowest BCUT2D eigenvalue weighted by molar-refractivity contribution is 0.112. The molecule has 1 aromatic heterocycles. The van der Waals surface area contributed by atoms with E-state index in [4.69, 9.17) is 11.6 Å². The average molecular weight is 218 g/mol. The third kappa shape index (κ3) is 2.05. The molecule has 0 atom stereocenters. The van der Waals surface area contributed by atoms with E-state index < -0.39 is 0 Å². The molecule has 2 nitrogen and oxygen atoms in total. The molecule has 0 N–H and O–H groups in total. The largest absolute Gasteiger partial charge is 0.298 e. The summed E-state index contributed by atoms with van der Waals surface area (Å²) in [5.41, 5.74) is 2.32. The van der Waals surface area contributed by atoms with Crippen LogP contribution < -0.4 is 0 Å². The Morgan fingerprint density at radius 1 is 1.13 bits per heavy atom. The van der Waals surface area contributed by atoms with Crippen LogP contribution in [0.5, 0.6) is 0 Å². The highest BCUT2D eigenvalue weighted by atomic mass is 35.5. The summed E-state index contributed by atoms with van der Waals surface area (Å²) in [6.45, 7) is 0. The van der Waals surface area contributed by atoms with Crippen LogP contribution in [0.1, 0.15) is 10.4 Å². The average Bonchev–Trinajstić information content (AvgIpc) is 2.31. The van der Waals surface area contributed by atoms with Gasteiger partial charge in [0, 0.05) is 11.8 Å². The van der Waals surface area contributed by atoms with Crippen molar-refractivity contribution in [1.29, 1.82) is 0 Å². The fourth-order valence-electron chi connectivity index (χ4n) is 1.34. The number of aromatic nitrogens is 1. The standard InChI is InChI=1S/C12H8ClNO/c13-12-11(8-15)6-10(7-14-12)9-4-2-1-3-5-9/h1-8H. The number of rotatable bonds is 2. The van der Waals surface area contributed by atoms with Crippen molar-refractivity contribution < 1.29 is 4.79 Å². The Balaban J connectivity index is 2.51. The van der Waals surface area contributed by atoms with E-state index in [2.05, 4.69) is 4.98 Å². The molecule has 74 valence electrons. The van der Waals surface area contributed by atoms with E-state index in [9.17, 15) is 4.79 Å². The molecule has 0 radical (unpaired) electrons. The summed E-state index contributed by atoms with van der Waals surface area (Å²) < 4.78 is 0. The van der Waals surface area contributed by atoms with Crippen molar-refractivity contribution in [1.82, 2.24) is 4.98 Å². The zero-order valence-corrected chi connectivity index (χ0v) is 8.61. The molecule has 0 aliphatic carbocycles. The lowest BCUT2D eigenvalue weighted by Crippen LogP contribution is -1.88. The molecule has 0 fully saturated rings. The van der Waals surface area contributed by atoms with Gasteiger partial charge in [-0.1, -0.05) is 41.9 Å². The zero-order chi connectivity index (χ0) is 10.7. The molecule has 0 aliphatic heterocycles. The first-order valence-electron chi connectivity index (χ1n) is 4.47. The quantitative estimate of drug-likeness (QED) is 0.571. The molecule has 3 heteroatoms. The van der Waals surface area contributed by atoms with Crippen LogP contribution >= 0.6 is 11.6 Å². The lowest BCUT2D eigenvalue weighted by Gasteiger charge is -2.02. The molecule has 0 aliphatic rings. The molecule has 0 spiro atoms. The number of hydrogen-bond acceptors (Lipinski definition) is 2. The molecule has 0 unspecified atom stereocenters. The van der Waals surface area contributed by atoms with E-state index in [0.29, 0.717) is 11.8 Å². The highest BCUT2D eigenvalue weighted by Crippen LogP contribution is 2.21. The molecule has 0 bridgehead atoms. The summed E-state index contributed by atoms with van der Waals surface area (Å²) in [4.78, 5) is 14.6. The van der Waals surface area contributed by atoms with E-state index in [0.717, 1.165) is 11.1 Å². The number of nitrogens with zero attached hydrogens (tertiary/aromatic N) is 1. The molecule has 1 aromatic carbocycles. The number of hydrogen-bond donors (Lipinski definition) is 0. The number of benzene rings is 1. The molecule has 0 saturated heterocycles. The maximum absolute atomic E-state index is 10.7. The predicted molar refractivity (Wildman–Crippen MR) is 60.1 cm³/mol. The van der Waals surface area contributed by atoms with Crippen LogP contribution in [0.15, 0.2) is 42.6 Å². The molecule has 2 aromatic rings. The Labute approximate surface area is 92.5 Å². The van der Waals surface area contributed by atoms with E-state index >= 15 is 0 Å². The van der Waals surface area contributed by atoms with Crippen LogP contribution in [0.25, 0.3) is 11.1 Å². The summed E-state index contributed by atoms with van der Waals surface area (Å²) >= 11 is 5.74. The highest BCUT2D eigenvalue weighted by molar-refractivity contribution is 6.31. The van der Waals surface area contributed by atoms with Crippen molar-refractivity contribution in [2.45, 2.75) is 0 Å². The van der Waals surface area contributed by atoms with E-state index in [1.807, 2.05) is 30.3 Å². The molecular weight excluding hydrogens is 210 g/mol. The second-order valence-electron chi connectivity index (χ2n) is 3.09. The van der Waals surface area contributed by atoms with Crippen molar-refractivity contribution in [3.63, 3.8) is 0 Å². The van der Waals surface area contributed by atoms with Crippen LogP contribution in [0.2, 0.25) is 5.15 Å². The first kappa shape index (κ1) is 9.87. The van der Waals surface area contributed by atoms with Crippen LogP contribution in [0.4, 0.5) is 0 Å². The smallest absolute Gasteiger partial charge is 0.153 e. The van der Waals surface area contributed by atoms with Gasteiger partial charge in [0.2, 0.25) is 0 Å². The summed E-state index contributed by atoms with van der Waals surface area (Å²) in [5, 5.41) is 0.240. The van der Waals surface area contributed by atoms with Gasteiger partial charge >= 0.3 is 0 Å². The molecule has 0 saturated carbocycles. The number of aldehydes is 1. The Bertz CT molecular complexity index is 482. The van der Waals surface area contributed by atoms with Gasteiger partial charge in [-0.25, -0.2) is 4.98 Å². The maximum atomic E-state index is 10.7. The Morgan fingerprint density at radius 3 is 2.53 bits per heavy atom. The summed E-state index contributed by atoms with van der Waals surface area (Å²) in [6, 6.07) is 11.5. The lowest BCUT2D eigenvalue weighted by atomic mass is 10.1. The van der Waals surface area contributed by atoms with Crippen molar-refractivity contribution in [2.75, 3.05) is 0 Å². The predicted octanol–water partition coefficient (Wildman–Crippen LogP) is 3.21. The summed E-state index contributed by atoms with van der Waals surface area (Å²) in [7, 11) is 0. The second kappa shape index (κ2) is 4.24. The first-order chi connectivity index (χ1) is 7.31. The minimum Gasteiger partial charge on any atom is -0.298 e. The fraction of sp³-hybridized carbons (Fsp3) is 0. The molecule has 1 heterocycles. The minimum absolute atomic E-state index is 0.240. The minimum atomic E-state index is 0.240. The van der Waals surface area contributed by atoms with Crippen molar-refractivity contribution >= 4 is 17.9 Å². The van der Waals surface area contributed by atoms with Crippen molar-refractivity contribution in [2.24, 2.45) is 0 Å². The highest BCUT2D eigenvalue weighted by Gasteiger charge is 2.03. The molecule has 15 heavy (non-hydrogen) atoms. The van der Waals surface area contributed by atoms with Gasteiger partial charge in [-0.3, -0.25) is 4.79 Å². The number of pyridine rings is 1. The Kier molecular flexibility index (Phi) is 2.79.